The maximum atomic E-state index is 8.89. The lowest BCUT2D eigenvalue weighted by atomic mass is 9.72. The molecular formula is C50H64N4O. The third-order valence-electron chi connectivity index (χ3n) is 13.1. The second-order valence-electron chi connectivity index (χ2n) is 20.7. The lowest BCUT2D eigenvalue weighted by molar-refractivity contribution is 0.160. The van der Waals surface area contributed by atoms with Crippen LogP contribution >= 0.6 is 0 Å². The second-order valence-corrected chi connectivity index (χ2v) is 20.7. The molecule has 55 heavy (non-hydrogen) atoms. The molecule has 2 aliphatic heterocycles. The van der Waals surface area contributed by atoms with Crippen LogP contribution in [0.3, 0.4) is 0 Å². The zero-order valence-corrected chi connectivity index (χ0v) is 35.7. The number of rotatable bonds is 4. The smallest absolute Gasteiger partial charge is 0.145 e. The van der Waals surface area contributed by atoms with Crippen molar-refractivity contribution in [2.24, 2.45) is 10.4 Å². The van der Waals surface area contributed by atoms with Gasteiger partial charge in [0.2, 0.25) is 0 Å². The molecule has 1 atom stereocenters. The summed E-state index contributed by atoms with van der Waals surface area (Å²) in [6.07, 6.45) is 7.58. The van der Waals surface area contributed by atoms with Gasteiger partial charge >= 0.3 is 0 Å². The molecule has 290 valence electrons. The third-order valence-corrected chi connectivity index (χ3v) is 13.1. The van der Waals surface area contributed by atoms with Crippen molar-refractivity contribution in [2.45, 2.75) is 157 Å². The normalized spacial score (nSPS) is 21.4. The van der Waals surface area contributed by atoms with Crippen LogP contribution in [0.15, 0.2) is 59.7 Å². The highest BCUT2D eigenvalue weighted by atomic mass is 16.5. The first-order valence-corrected chi connectivity index (χ1v) is 20.6. The van der Waals surface area contributed by atoms with Gasteiger partial charge in [0.25, 0.3) is 0 Å². The van der Waals surface area contributed by atoms with Crippen LogP contribution in [0.5, 0.6) is 11.5 Å². The molecule has 5 nitrogen and oxygen atoms in total. The molecule has 5 heteroatoms. The number of ether oxygens (including phenoxy) is 1. The summed E-state index contributed by atoms with van der Waals surface area (Å²) < 4.78 is 36.1. The molecule has 2 aromatic heterocycles. The average molecular weight is 740 g/mol. The molecule has 1 saturated carbocycles. The van der Waals surface area contributed by atoms with E-state index in [4.69, 9.17) is 18.8 Å². The fourth-order valence-corrected chi connectivity index (χ4v) is 9.17. The van der Waals surface area contributed by atoms with Crippen LogP contribution in [0.2, 0.25) is 0 Å². The summed E-state index contributed by atoms with van der Waals surface area (Å²) in [5, 5.41) is 2.40. The van der Waals surface area contributed by atoms with E-state index in [-0.39, 0.29) is 22.3 Å². The molecule has 4 heterocycles. The zero-order chi connectivity index (χ0) is 42.1. The van der Waals surface area contributed by atoms with Crippen LogP contribution in [-0.2, 0) is 16.2 Å². The first-order valence-electron chi connectivity index (χ1n) is 22.1. The van der Waals surface area contributed by atoms with Crippen molar-refractivity contribution < 1.29 is 8.85 Å². The van der Waals surface area contributed by atoms with Crippen LogP contribution in [0.1, 0.15) is 158 Å². The monoisotopic (exact) mass is 740 g/mol. The van der Waals surface area contributed by atoms with Gasteiger partial charge in [-0.15, -0.1) is 0 Å². The summed E-state index contributed by atoms with van der Waals surface area (Å²) in [7, 11) is 0. The Kier molecular flexibility index (Phi) is 7.72. The van der Waals surface area contributed by atoms with Crippen LogP contribution in [0, 0.1) is 19.3 Å². The van der Waals surface area contributed by atoms with Gasteiger partial charge in [0.15, 0.2) is 0 Å². The second kappa shape index (κ2) is 12.4. The predicted molar refractivity (Wildman–Crippen MR) is 232 cm³/mol. The summed E-state index contributed by atoms with van der Waals surface area (Å²) in [6, 6.07) is 18.4. The third kappa shape index (κ3) is 6.19. The Balaban J connectivity index is 1.31. The first-order chi connectivity index (χ1) is 26.8. The van der Waals surface area contributed by atoms with Crippen LogP contribution in [0.25, 0.3) is 27.6 Å². The molecule has 0 saturated heterocycles. The zero-order valence-electron chi connectivity index (χ0n) is 38.7. The Morgan fingerprint density at radius 2 is 1.47 bits per heavy atom. The van der Waals surface area contributed by atoms with Crippen LogP contribution in [-0.4, -0.2) is 38.4 Å². The van der Waals surface area contributed by atoms with Gasteiger partial charge in [0.05, 0.1) is 16.7 Å². The van der Waals surface area contributed by atoms with Crippen molar-refractivity contribution in [2.75, 3.05) is 6.54 Å². The Morgan fingerprint density at radius 3 is 2.13 bits per heavy atom. The van der Waals surface area contributed by atoms with E-state index in [1.807, 2.05) is 27.0 Å². The molecule has 1 fully saturated rings. The van der Waals surface area contributed by atoms with E-state index in [1.165, 1.54) is 39.4 Å². The average Bonchev–Trinajstić information content (AvgIpc) is 3.69. The molecule has 3 aromatic carbocycles. The molecule has 0 spiro atoms. The number of hydrogen-bond donors (Lipinski definition) is 0. The number of aromatic nitrogens is 2. The molecule has 0 radical (unpaired) electrons. The summed E-state index contributed by atoms with van der Waals surface area (Å²) >= 11 is 0. The number of aryl methyl sites for hydroxylation is 2. The highest BCUT2D eigenvalue weighted by molar-refractivity contribution is 6.11. The minimum absolute atomic E-state index is 0.0146. The number of pyridine rings is 1. The largest absolute Gasteiger partial charge is 0.457 e. The van der Waals surface area contributed by atoms with Crippen molar-refractivity contribution in [3.63, 3.8) is 0 Å². The van der Waals surface area contributed by atoms with E-state index in [0.717, 1.165) is 76.6 Å². The van der Waals surface area contributed by atoms with Crippen molar-refractivity contribution in [1.29, 1.82) is 0 Å². The lowest BCUT2D eigenvalue weighted by Gasteiger charge is -2.39. The minimum Gasteiger partial charge on any atom is -0.457 e. The standard InChI is InChI=1S/C50H64N4O/c1-30-20-38-37-25-34(47(6,7)8)26-40-43(37)54(45(38)51-28-30)41-27-42(31(2)21-39(41)49(40,12)13)55-36-23-32(22-33(24-36)46(3,4)5)44-52-50(14,48(9,10)11)29-53(44)35-18-16-15-17-19-35/h20-28,35H,15-19,29H2,1-14H3/t50-/m0/s1/i14D3. The Bertz CT molecular complexity index is 2480. The number of hydrogen-bond acceptors (Lipinski definition) is 4. The Hall–Kier alpha value is -4.12. The molecule has 0 unspecified atom stereocenters. The molecule has 0 bridgehead atoms. The molecule has 1 aliphatic carbocycles. The molecule has 0 N–H and O–H groups in total. The topological polar surface area (TPSA) is 42.6 Å². The molecule has 3 aliphatic rings. The molecule has 0 amide bonds. The van der Waals surface area contributed by atoms with Gasteiger partial charge in [-0.2, -0.15) is 0 Å². The van der Waals surface area contributed by atoms with Gasteiger partial charge in [0.1, 0.15) is 23.0 Å². The summed E-state index contributed by atoms with van der Waals surface area (Å²) in [6.45, 7) is 26.7. The highest BCUT2D eigenvalue weighted by Gasteiger charge is 2.46. The van der Waals surface area contributed by atoms with Crippen LogP contribution < -0.4 is 4.74 Å². The van der Waals surface area contributed by atoms with E-state index >= 15 is 0 Å². The Morgan fingerprint density at radius 1 is 0.782 bits per heavy atom. The van der Waals surface area contributed by atoms with Gasteiger partial charge in [-0.25, -0.2) is 4.98 Å². The highest BCUT2D eigenvalue weighted by Crippen LogP contribution is 2.51. The van der Waals surface area contributed by atoms with Crippen molar-refractivity contribution >= 4 is 27.8 Å². The quantitative estimate of drug-likeness (QED) is 0.184. The van der Waals surface area contributed by atoms with Crippen LogP contribution in [0.4, 0.5) is 0 Å². The van der Waals surface area contributed by atoms with E-state index in [1.54, 1.807) is 0 Å². The number of aliphatic imine (C=N–C) groups is 1. The summed E-state index contributed by atoms with van der Waals surface area (Å²) in [5.74, 6) is 2.29. The molecule has 8 rings (SSSR count). The lowest BCUT2D eigenvalue weighted by Crippen LogP contribution is -2.47. The summed E-state index contributed by atoms with van der Waals surface area (Å²) in [5.41, 5.74) is 9.05. The van der Waals surface area contributed by atoms with E-state index in [0.29, 0.717) is 6.54 Å². The molecule has 5 aromatic rings. The summed E-state index contributed by atoms with van der Waals surface area (Å²) in [4.78, 5) is 12.8. The maximum Gasteiger partial charge on any atom is 0.145 e. The van der Waals surface area contributed by atoms with Gasteiger partial charge in [-0.1, -0.05) is 101 Å². The van der Waals surface area contributed by atoms with Gasteiger partial charge in [-0.05, 0) is 120 Å². The predicted octanol–water partition coefficient (Wildman–Crippen LogP) is 13.0. The maximum absolute atomic E-state index is 8.89. The van der Waals surface area contributed by atoms with E-state index in [9.17, 15) is 0 Å². The van der Waals surface area contributed by atoms with E-state index < -0.39 is 17.8 Å². The SMILES string of the molecule is [2H]C([2H])([2H])[C@@]1(C(C)(C)C)CN(C2CCCCC2)C(c2cc(Oc3cc4c(cc3C)C(C)(C)c3cc(C(C)(C)C)cc5c6cc(C)cnc6n-4c35)cc(C(C)(C)C)c2)=N1. The number of fused-ring (bicyclic) bond motifs is 5. The first kappa shape index (κ1) is 34.2. The minimum atomic E-state index is -2.27. The fourth-order valence-electron chi connectivity index (χ4n) is 9.17. The number of nitrogens with zero attached hydrogens (tertiary/aromatic N) is 4. The molecular weight excluding hydrogens is 673 g/mol. The van der Waals surface area contributed by atoms with Crippen molar-refractivity contribution in [3.8, 4) is 17.2 Å². The van der Waals surface area contributed by atoms with Gasteiger partial charge in [0, 0.05) is 50.7 Å². The van der Waals surface area contributed by atoms with Gasteiger partial charge < -0.3 is 9.64 Å². The van der Waals surface area contributed by atoms with Gasteiger partial charge in [-0.3, -0.25) is 9.56 Å². The van der Waals surface area contributed by atoms with E-state index in [2.05, 4.69) is 127 Å². The Labute approximate surface area is 334 Å². The number of benzene rings is 3. The fraction of sp³-hybridized carbons (Fsp3) is 0.520. The van der Waals surface area contributed by atoms with Crippen molar-refractivity contribution in [1.82, 2.24) is 14.5 Å². The van der Waals surface area contributed by atoms with Crippen molar-refractivity contribution in [3.05, 3.63) is 93.7 Å². The number of amidine groups is 1.